The zero-order chi connectivity index (χ0) is 17.5. The van der Waals surface area contributed by atoms with Gasteiger partial charge in [0, 0.05) is 18.8 Å². The summed E-state index contributed by atoms with van der Waals surface area (Å²) >= 11 is 0. The first kappa shape index (κ1) is 18.5. The van der Waals surface area contributed by atoms with E-state index in [0.29, 0.717) is 26.2 Å². The monoisotopic (exact) mass is 332 g/mol. The summed E-state index contributed by atoms with van der Waals surface area (Å²) in [5.41, 5.74) is 2.06. The lowest BCUT2D eigenvalue weighted by Gasteiger charge is -2.33. The van der Waals surface area contributed by atoms with Gasteiger partial charge in [0.05, 0.1) is 19.1 Å². The predicted molar refractivity (Wildman–Crippen MR) is 95.0 cm³/mol. The first-order chi connectivity index (χ1) is 11.6. The summed E-state index contributed by atoms with van der Waals surface area (Å²) in [7, 11) is 0. The number of esters is 1. The van der Waals surface area contributed by atoms with Crippen molar-refractivity contribution in [1.82, 2.24) is 4.90 Å². The molecule has 0 radical (unpaired) electrons. The highest BCUT2D eigenvalue weighted by atomic mass is 16.5. The lowest BCUT2D eigenvalue weighted by atomic mass is 9.98. The third kappa shape index (κ3) is 4.57. The highest BCUT2D eigenvalue weighted by Gasteiger charge is 2.28. The summed E-state index contributed by atoms with van der Waals surface area (Å²) in [6.45, 7) is 8.68. The van der Waals surface area contributed by atoms with Crippen LogP contribution in [0.1, 0.15) is 32.3 Å². The number of carbonyl (C=O) groups excluding carboxylic acids is 2. The second-order valence-corrected chi connectivity index (χ2v) is 6.25. The van der Waals surface area contributed by atoms with E-state index >= 15 is 0 Å². The number of ether oxygens (including phenoxy) is 1. The molecule has 1 heterocycles. The molecular weight excluding hydrogens is 304 g/mol. The predicted octanol–water partition coefficient (Wildman–Crippen LogP) is 2.62. The Morgan fingerprint density at radius 1 is 1.29 bits per heavy atom. The zero-order valence-corrected chi connectivity index (χ0v) is 15.0. The molecular formula is C19H28N2O3. The summed E-state index contributed by atoms with van der Waals surface area (Å²) in [5, 5.41) is 0. The number of hydrogen-bond acceptors (Lipinski definition) is 4. The Hall–Kier alpha value is -1.88. The maximum absolute atomic E-state index is 12.8. The molecule has 1 amide bonds. The van der Waals surface area contributed by atoms with Crippen molar-refractivity contribution in [3.8, 4) is 0 Å². The molecule has 0 saturated carbocycles. The fourth-order valence-corrected chi connectivity index (χ4v) is 3.28. The van der Waals surface area contributed by atoms with Gasteiger partial charge >= 0.3 is 5.97 Å². The maximum atomic E-state index is 12.8. The lowest BCUT2D eigenvalue weighted by Crippen LogP contribution is -2.46. The molecule has 24 heavy (non-hydrogen) atoms. The topological polar surface area (TPSA) is 49.9 Å². The third-order valence-corrected chi connectivity index (χ3v) is 4.51. The van der Waals surface area contributed by atoms with Gasteiger partial charge in [-0.05, 0) is 51.8 Å². The van der Waals surface area contributed by atoms with Gasteiger partial charge in [0.25, 0.3) is 0 Å². The van der Waals surface area contributed by atoms with E-state index in [9.17, 15) is 9.59 Å². The molecule has 0 aliphatic carbocycles. The van der Waals surface area contributed by atoms with Crippen molar-refractivity contribution in [3.05, 3.63) is 29.8 Å². The largest absolute Gasteiger partial charge is 0.466 e. The minimum absolute atomic E-state index is 0.0799. The molecule has 0 spiro atoms. The Labute approximate surface area is 144 Å². The number of aryl methyl sites for hydroxylation is 1. The number of para-hydroxylation sites is 1. The van der Waals surface area contributed by atoms with Gasteiger partial charge in [0.15, 0.2) is 0 Å². The van der Waals surface area contributed by atoms with Crippen LogP contribution in [0, 0.1) is 12.8 Å². The molecule has 1 saturated heterocycles. The minimum Gasteiger partial charge on any atom is -0.466 e. The summed E-state index contributed by atoms with van der Waals surface area (Å²) < 4.78 is 5.13. The summed E-state index contributed by atoms with van der Waals surface area (Å²) in [6.07, 6.45) is 1.77. The molecule has 1 fully saturated rings. The SMILES string of the molecule is CCOC(=O)C1CCCN(CC(=O)N(CC)c2ccccc2C)C1. The van der Waals surface area contributed by atoms with Gasteiger partial charge in [0.1, 0.15) is 0 Å². The summed E-state index contributed by atoms with van der Waals surface area (Å²) in [5.74, 6) is -0.169. The molecule has 1 aliphatic heterocycles. The highest BCUT2D eigenvalue weighted by molar-refractivity contribution is 5.95. The second kappa shape index (κ2) is 8.83. The number of nitrogens with zero attached hydrogens (tertiary/aromatic N) is 2. The maximum Gasteiger partial charge on any atom is 0.310 e. The van der Waals surface area contributed by atoms with Crippen LogP contribution in [0.2, 0.25) is 0 Å². The molecule has 1 aliphatic rings. The van der Waals surface area contributed by atoms with Crippen molar-refractivity contribution in [2.75, 3.05) is 37.7 Å². The third-order valence-electron chi connectivity index (χ3n) is 4.51. The van der Waals surface area contributed by atoms with Gasteiger partial charge in [-0.25, -0.2) is 0 Å². The fourth-order valence-electron chi connectivity index (χ4n) is 3.28. The number of rotatable bonds is 6. The van der Waals surface area contributed by atoms with Crippen molar-refractivity contribution in [2.24, 2.45) is 5.92 Å². The van der Waals surface area contributed by atoms with Crippen molar-refractivity contribution in [1.29, 1.82) is 0 Å². The van der Waals surface area contributed by atoms with E-state index in [1.165, 1.54) is 0 Å². The summed E-state index contributed by atoms with van der Waals surface area (Å²) in [6, 6.07) is 7.93. The Morgan fingerprint density at radius 3 is 2.71 bits per heavy atom. The first-order valence-electron chi connectivity index (χ1n) is 8.81. The van der Waals surface area contributed by atoms with Gasteiger partial charge < -0.3 is 9.64 Å². The normalized spacial score (nSPS) is 18.2. The minimum atomic E-state index is -0.138. The number of likely N-dealkylation sites (N-methyl/N-ethyl adjacent to an activating group) is 1. The summed E-state index contributed by atoms with van der Waals surface area (Å²) in [4.78, 5) is 28.6. The van der Waals surface area contributed by atoms with Crippen LogP contribution >= 0.6 is 0 Å². The van der Waals surface area contributed by atoms with E-state index in [1.54, 1.807) is 0 Å². The highest BCUT2D eigenvalue weighted by Crippen LogP contribution is 2.21. The van der Waals surface area contributed by atoms with Gasteiger partial charge in [-0.15, -0.1) is 0 Å². The van der Waals surface area contributed by atoms with E-state index in [2.05, 4.69) is 4.90 Å². The number of likely N-dealkylation sites (tertiary alicyclic amines) is 1. The van der Waals surface area contributed by atoms with E-state index < -0.39 is 0 Å². The van der Waals surface area contributed by atoms with Crippen LogP contribution in [0.25, 0.3) is 0 Å². The average molecular weight is 332 g/mol. The van der Waals surface area contributed by atoms with Crippen LogP contribution in [-0.4, -0.2) is 49.6 Å². The van der Waals surface area contributed by atoms with Crippen LogP contribution in [0.5, 0.6) is 0 Å². The number of anilines is 1. The molecule has 1 aromatic carbocycles. The molecule has 1 aromatic rings. The molecule has 0 N–H and O–H groups in total. The first-order valence-corrected chi connectivity index (χ1v) is 8.81. The Balaban J connectivity index is 2.00. The second-order valence-electron chi connectivity index (χ2n) is 6.25. The molecule has 0 aromatic heterocycles. The standard InChI is InChI=1S/C19H28N2O3/c1-4-21(17-11-7-6-9-15(17)3)18(22)14-20-12-8-10-16(13-20)19(23)24-5-2/h6-7,9,11,16H,4-5,8,10,12-14H2,1-3H3. The lowest BCUT2D eigenvalue weighted by molar-refractivity contribution is -0.150. The van der Waals surface area contributed by atoms with E-state index in [4.69, 9.17) is 4.74 Å². The Morgan fingerprint density at radius 2 is 2.04 bits per heavy atom. The van der Waals surface area contributed by atoms with Crippen LogP contribution < -0.4 is 4.90 Å². The Kier molecular flexibility index (Phi) is 6.79. The molecule has 0 bridgehead atoms. The van der Waals surface area contributed by atoms with E-state index in [0.717, 1.165) is 30.6 Å². The number of hydrogen-bond donors (Lipinski definition) is 0. The Bertz CT molecular complexity index is 573. The zero-order valence-electron chi connectivity index (χ0n) is 15.0. The van der Waals surface area contributed by atoms with Gasteiger partial charge in [-0.3, -0.25) is 14.5 Å². The quantitative estimate of drug-likeness (QED) is 0.752. The fraction of sp³-hybridized carbons (Fsp3) is 0.579. The van der Waals surface area contributed by atoms with Crippen LogP contribution in [0.15, 0.2) is 24.3 Å². The van der Waals surface area contributed by atoms with Crippen molar-refractivity contribution in [2.45, 2.75) is 33.6 Å². The molecule has 1 unspecified atom stereocenters. The molecule has 132 valence electrons. The number of piperidine rings is 1. The van der Waals surface area contributed by atoms with Gasteiger partial charge in [-0.1, -0.05) is 18.2 Å². The van der Waals surface area contributed by atoms with Crippen molar-refractivity contribution < 1.29 is 14.3 Å². The van der Waals surface area contributed by atoms with Crippen molar-refractivity contribution >= 4 is 17.6 Å². The van der Waals surface area contributed by atoms with Crippen LogP contribution in [0.4, 0.5) is 5.69 Å². The van der Waals surface area contributed by atoms with E-state index in [-0.39, 0.29) is 17.8 Å². The molecule has 5 heteroatoms. The van der Waals surface area contributed by atoms with Gasteiger partial charge in [0.2, 0.25) is 5.91 Å². The van der Waals surface area contributed by atoms with Crippen LogP contribution in [0.3, 0.4) is 0 Å². The molecule has 2 rings (SSSR count). The van der Waals surface area contributed by atoms with Gasteiger partial charge in [-0.2, -0.15) is 0 Å². The smallest absolute Gasteiger partial charge is 0.310 e. The average Bonchev–Trinajstić information content (AvgIpc) is 2.57. The van der Waals surface area contributed by atoms with Crippen LogP contribution in [-0.2, 0) is 14.3 Å². The number of benzene rings is 1. The van der Waals surface area contributed by atoms with Crippen molar-refractivity contribution in [3.63, 3.8) is 0 Å². The number of carbonyl (C=O) groups is 2. The molecule has 5 nitrogen and oxygen atoms in total. The van der Waals surface area contributed by atoms with E-state index in [1.807, 2.05) is 49.9 Å². The molecule has 1 atom stereocenters. The number of amides is 1.